The van der Waals surface area contributed by atoms with E-state index in [4.69, 9.17) is 5.26 Å². The standard InChI is InChI=1S/C18H11N3O5S/c19-9-12-4-1-2-5-13(12)10-20-17(23)15(27-18(20)24)8-11-6-3-7-14(16(11)22)21(25)26/h1-8,22H,10H2/b15-8+. The van der Waals surface area contributed by atoms with Gasteiger partial charge in [0.15, 0.2) is 0 Å². The second kappa shape index (κ2) is 7.31. The van der Waals surface area contributed by atoms with E-state index in [1.54, 1.807) is 24.3 Å². The van der Waals surface area contributed by atoms with E-state index in [0.717, 1.165) is 11.0 Å². The van der Waals surface area contributed by atoms with Crippen LogP contribution in [0.2, 0.25) is 0 Å². The van der Waals surface area contributed by atoms with Crippen molar-refractivity contribution in [1.82, 2.24) is 4.90 Å². The van der Waals surface area contributed by atoms with Crippen LogP contribution >= 0.6 is 11.8 Å². The van der Waals surface area contributed by atoms with Crippen LogP contribution < -0.4 is 0 Å². The Morgan fingerprint density at radius 1 is 1.22 bits per heavy atom. The number of carbonyl (C=O) groups excluding carboxylic acids is 2. The van der Waals surface area contributed by atoms with Gasteiger partial charge in [-0.25, -0.2) is 0 Å². The molecule has 27 heavy (non-hydrogen) atoms. The number of imide groups is 1. The molecule has 2 aromatic carbocycles. The number of benzene rings is 2. The average molecular weight is 381 g/mol. The summed E-state index contributed by atoms with van der Waals surface area (Å²) in [5, 5.41) is 29.5. The van der Waals surface area contributed by atoms with Crippen molar-refractivity contribution in [3.05, 3.63) is 74.2 Å². The lowest BCUT2D eigenvalue weighted by Crippen LogP contribution is -2.27. The topological polar surface area (TPSA) is 125 Å². The van der Waals surface area contributed by atoms with E-state index in [0.29, 0.717) is 22.9 Å². The number of hydrogen-bond acceptors (Lipinski definition) is 7. The van der Waals surface area contributed by atoms with Gasteiger partial charge in [0, 0.05) is 11.6 Å². The van der Waals surface area contributed by atoms with E-state index < -0.39 is 27.5 Å². The zero-order valence-corrected chi connectivity index (χ0v) is 14.5. The predicted molar refractivity (Wildman–Crippen MR) is 97.4 cm³/mol. The number of rotatable bonds is 4. The maximum atomic E-state index is 12.6. The third-order valence-corrected chi connectivity index (χ3v) is 4.78. The maximum absolute atomic E-state index is 12.6. The van der Waals surface area contributed by atoms with E-state index in [2.05, 4.69) is 0 Å². The molecule has 9 heteroatoms. The lowest BCUT2D eigenvalue weighted by Gasteiger charge is -2.13. The van der Waals surface area contributed by atoms with Crippen LogP contribution in [0, 0.1) is 21.4 Å². The molecule has 1 heterocycles. The van der Waals surface area contributed by atoms with Crippen LogP contribution in [0.15, 0.2) is 47.4 Å². The number of aromatic hydroxyl groups is 1. The number of amides is 2. The van der Waals surface area contributed by atoms with Crippen molar-refractivity contribution in [3.63, 3.8) is 0 Å². The highest BCUT2D eigenvalue weighted by Crippen LogP contribution is 2.37. The fourth-order valence-electron chi connectivity index (χ4n) is 2.53. The first kappa shape index (κ1) is 18.2. The highest BCUT2D eigenvalue weighted by Gasteiger charge is 2.35. The van der Waals surface area contributed by atoms with Crippen molar-refractivity contribution < 1.29 is 19.6 Å². The number of hydrogen-bond donors (Lipinski definition) is 1. The summed E-state index contributed by atoms with van der Waals surface area (Å²) in [7, 11) is 0. The number of nitro benzene ring substituents is 1. The van der Waals surface area contributed by atoms with Crippen molar-refractivity contribution >= 4 is 34.7 Å². The normalized spacial score (nSPS) is 15.2. The predicted octanol–water partition coefficient (Wildman–Crippen LogP) is 3.41. The Morgan fingerprint density at radius 3 is 2.67 bits per heavy atom. The molecule has 0 unspecified atom stereocenters. The van der Waals surface area contributed by atoms with Gasteiger partial charge in [-0.1, -0.05) is 30.3 Å². The first-order chi connectivity index (χ1) is 12.9. The first-order valence-corrected chi connectivity index (χ1v) is 8.43. The lowest BCUT2D eigenvalue weighted by atomic mass is 10.1. The Morgan fingerprint density at radius 2 is 1.96 bits per heavy atom. The molecule has 0 atom stereocenters. The minimum absolute atomic E-state index is 0.0326. The van der Waals surface area contributed by atoms with Gasteiger partial charge in [0.05, 0.1) is 28.0 Å². The van der Waals surface area contributed by atoms with E-state index in [1.165, 1.54) is 18.2 Å². The summed E-state index contributed by atoms with van der Waals surface area (Å²) < 4.78 is 0. The van der Waals surface area contributed by atoms with Gasteiger partial charge >= 0.3 is 5.69 Å². The Bertz CT molecular complexity index is 1040. The zero-order chi connectivity index (χ0) is 19.6. The molecule has 0 aromatic heterocycles. The maximum Gasteiger partial charge on any atom is 0.311 e. The van der Waals surface area contributed by atoms with Gasteiger partial charge in [0.25, 0.3) is 11.1 Å². The number of nitrogens with zero attached hydrogens (tertiary/aromatic N) is 3. The largest absolute Gasteiger partial charge is 0.502 e. The molecule has 0 aliphatic carbocycles. The molecule has 1 saturated heterocycles. The molecule has 0 spiro atoms. The molecule has 2 aromatic rings. The summed E-state index contributed by atoms with van der Waals surface area (Å²) in [6, 6.07) is 12.5. The lowest BCUT2D eigenvalue weighted by molar-refractivity contribution is -0.385. The molecule has 0 saturated carbocycles. The van der Waals surface area contributed by atoms with E-state index in [-0.39, 0.29) is 17.0 Å². The number of nitro groups is 1. The second-order valence-corrected chi connectivity index (χ2v) is 6.50. The van der Waals surface area contributed by atoms with Crippen LogP contribution in [0.3, 0.4) is 0 Å². The molecular formula is C18H11N3O5S. The monoisotopic (exact) mass is 381 g/mol. The van der Waals surface area contributed by atoms with Gasteiger partial charge in [0.2, 0.25) is 5.75 Å². The average Bonchev–Trinajstić information content (AvgIpc) is 2.91. The van der Waals surface area contributed by atoms with Crippen molar-refractivity contribution in [2.24, 2.45) is 0 Å². The van der Waals surface area contributed by atoms with E-state index in [1.807, 2.05) is 6.07 Å². The van der Waals surface area contributed by atoms with Gasteiger partial charge in [-0.2, -0.15) is 5.26 Å². The summed E-state index contributed by atoms with van der Waals surface area (Å²) in [6.07, 6.45) is 1.24. The molecule has 1 N–H and O–H groups in total. The number of thioether (sulfide) groups is 1. The smallest absolute Gasteiger partial charge is 0.311 e. The van der Waals surface area contributed by atoms with Gasteiger partial charge in [-0.15, -0.1) is 0 Å². The van der Waals surface area contributed by atoms with Crippen molar-refractivity contribution in [1.29, 1.82) is 5.26 Å². The second-order valence-electron chi connectivity index (χ2n) is 5.51. The van der Waals surface area contributed by atoms with Crippen LogP contribution in [0.4, 0.5) is 10.5 Å². The SMILES string of the molecule is N#Cc1ccccc1CN1C(=O)S/C(=C/c2cccc([N+](=O)[O-])c2O)C1=O. The van der Waals surface area contributed by atoms with Gasteiger partial charge < -0.3 is 5.11 Å². The molecule has 0 radical (unpaired) electrons. The Kier molecular flexibility index (Phi) is 4.92. The van der Waals surface area contributed by atoms with Crippen molar-refractivity contribution in [2.45, 2.75) is 6.54 Å². The van der Waals surface area contributed by atoms with Crippen LogP contribution in [0.25, 0.3) is 6.08 Å². The third kappa shape index (κ3) is 3.51. The first-order valence-electron chi connectivity index (χ1n) is 7.62. The molecule has 134 valence electrons. The van der Waals surface area contributed by atoms with E-state index in [9.17, 15) is 24.8 Å². The van der Waals surface area contributed by atoms with Gasteiger partial charge in [-0.05, 0) is 29.5 Å². The van der Waals surface area contributed by atoms with Crippen LogP contribution in [0.1, 0.15) is 16.7 Å². The summed E-state index contributed by atoms with van der Waals surface area (Å²) in [5.74, 6) is -1.17. The summed E-state index contributed by atoms with van der Waals surface area (Å²) in [4.78, 5) is 36.0. The molecule has 8 nitrogen and oxygen atoms in total. The Hall–Kier alpha value is -3.64. The molecule has 0 bridgehead atoms. The summed E-state index contributed by atoms with van der Waals surface area (Å²) in [6.45, 7) is -0.0628. The molecule has 3 rings (SSSR count). The molecule has 2 amide bonds. The minimum atomic E-state index is -0.739. The minimum Gasteiger partial charge on any atom is -0.502 e. The van der Waals surface area contributed by atoms with Gasteiger partial charge in [-0.3, -0.25) is 24.6 Å². The molecule has 1 aliphatic heterocycles. The number of phenols is 1. The van der Waals surface area contributed by atoms with Crippen LogP contribution in [-0.2, 0) is 11.3 Å². The zero-order valence-electron chi connectivity index (χ0n) is 13.7. The fraction of sp³-hybridized carbons (Fsp3) is 0.0556. The van der Waals surface area contributed by atoms with Crippen LogP contribution in [0.5, 0.6) is 5.75 Å². The number of carbonyl (C=O) groups is 2. The molecule has 1 fully saturated rings. The van der Waals surface area contributed by atoms with Crippen molar-refractivity contribution in [3.8, 4) is 11.8 Å². The van der Waals surface area contributed by atoms with Crippen LogP contribution in [-0.4, -0.2) is 26.1 Å². The number of phenolic OH excluding ortho intramolecular Hbond substituents is 1. The number of nitriles is 1. The molecule has 1 aliphatic rings. The summed E-state index contributed by atoms with van der Waals surface area (Å²) >= 11 is 0.667. The highest BCUT2D eigenvalue weighted by atomic mass is 32.2. The summed E-state index contributed by atoms with van der Waals surface area (Å²) in [5.41, 5.74) is 0.455. The molecular weight excluding hydrogens is 370 g/mol. The highest BCUT2D eigenvalue weighted by molar-refractivity contribution is 8.18. The Labute approximate surface area is 157 Å². The third-order valence-electron chi connectivity index (χ3n) is 3.87. The fourth-order valence-corrected chi connectivity index (χ4v) is 3.36. The van der Waals surface area contributed by atoms with E-state index >= 15 is 0 Å². The van der Waals surface area contributed by atoms with Crippen molar-refractivity contribution in [2.75, 3.05) is 0 Å². The number of para-hydroxylation sites is 1. The Balaban J connectivity index is 1.91. The quantitative estimate of drug-likeness (QED) is 0.489. The van der Waals surface area contributed by atoms with Gasteiger partial charge in [0.1, 0.15) is 0 Å².